The summed E-state index contributed by atoms with van der Waals surface area (Å²) < 4.78 is 5.50. The van der Waals surface area contributed by atoms with E-state index in [1.165, 1.54) is 302 Å². The second-order valence-electron chi connectivity index (χ2n) is 23.9. The number of amides is 1. The van der Waals surface area contributed by atoms with Crippen molar-refractivity contribution in [1.29, 1.82) is 0 Å². The summed E-state index contributed by atoms with van der Waals surface area (Å²) in [6, 6.07) is -0.538. The lowest BCUT2D eigenvalue weighted by molar-refractivity contribution is -0.143. The molecule has 1 amide bonds. The molecule has 2 atom stereocenters. The highest BCUT2D eigenvalue weighted by Gasteiger charge is 2.20. The number of rotatable bonds is 65. The SMILES string of the molecule is CCCCC/C=C\C/C=C\CCCCCCCCCC(=O)OCCCCCCCCCCCCCCCCCCCCCCCCCCCCCCC(=O)NC(CO)C(O)CCCCCCCCCCCCCCCC. The molecule has 0 aromatic rings. The molecule has 0 radical (unpaired) electrons. The van der Waals surface area contributed by atoms with Crippen LogP contribution in [0.1, 0.15) is 386 Å². The highest BCUT2D eigenvalue weighted by atomic mass is 16.5. The van der Waals surface area contributed by atoms with E-state index in [1.54, 1.807) is 0 Å². The van der Waals surface area contributed by atoms with E-state index in [0.29, 0.717) is 25.9 Å². The van der Waals surface area contributed by atoms with Gasteiger partial charge >= 0.3 is 5.97 Å². The van der Waals surface area contributed by atoms with E-state index in [-0.39, 0.29) is 18.5 Å². The zero-order chi connectivity index (χ0) is 55.0. The first-order valence-corrected chi connectivity index (χ1v) is 34.6. The topological polar surface area (TPSA) is 95.9 Å². The molecule has 2 unspecified atom stereocenters. The van der Waals surface area contributed by atoms with Crippen molar-refractivity contribution in [3.05, 3.63) is 24.3 Å². The highest BCUT2D eigenvalue weighted by molar-refractivity contribution is 5.76. The van der Waals surface area contributed by atoms with Gasteiger partial charge in [0.15, 0.2) is 0 Å². The second kappa shape index (κ2) is 65.9. The van der Waals surface area contributed by atoms with Crippen molar-refractivity contribution < 1.29 is 24.5 Å². The van der Waals surface area contributed by atoms with Gasteiger partial charge in [-0.15, -0.1) is 0 Å². The van der Waals surface area contributed by atoms with Crippen molar-refractivity contribution in [2.45, 2.75) is 398 Å². The highest BCUT2D eigenvalue weighted by Crippen LogP contribution is 2.19. The standard InChI is InChI=1S/C70H135NO5/c1-3-5-7-9-11-13-15-17-19-32-36-40-44-48-52-56-60-64-70(75)76-65-61-57-53-49-45-41-37-34-31-29-27-25-23-21-20-22-24-26-28-30-33-35-39-43-47-51-55-59-63-69(74)71-67(66-72)68(73)62-58-54-50-46-42-38-18-16-14-12-10-8-6-4-2/h11,13,17,19,67-68,72-73H,3-10,12,14-16,18,20-66H2,1-2H3,(H,71,74)/b13-11-,19-17-. The summed E-state index contributed by atoms with van der Waals surface area (Å²) in [5.41, 5.74) is 0. The molecule has 0 fully saturated rings. The number of hydrogen-bond acceptors (Lipinski definition) is 5. The van der Waals surface area contributed by atoms with Gasteiger partial charge < -0.3 is 20.3 Å². The van der Waals surface area contributed by atoms with Crippen molar-refractivity contribution in [2.75, 3.05) is 13.2 Å². The monoisotopic (exact) mass is 1070 g/mol. The van der Waals surface area contributed by atoms with Gasteiger partial charge in [-0.3, -0.25) is 9.59 Å². The summed E-state index contributed by atoms with van der Waals surface area (Å²) in [6.07, 6.45) is 82.2. The van der Waals surface area contributed by atoms with Crippen LogP contribution in [-0.2, 0) is 14.3 Å². The molecule has 0 spiro atoms. The van der Waals surface area contributed by atoms with Crippen LogP contribution in [0.5, 0.6) is 0 Å². The van der Waals surface area contributed by atoms with Gasteiger partial charge in [-0.05, 0) is 57.8 Å². The Balaban J connectivity index is 3.33. The Bertz CT molecular complexity index is 1190. The predicted octanol–water partition coefficient (Wildman–Crippen LogP) is 22.1. The first kappa shape index (κ1) is 74.3. The van der Waals surface area contributed by atoms with Crippen LogP contribution in [-0.4, -0.2) is 47.4 Å². The molecule has 0 saturated heterocycles. The molecule has 0 aromatic heterocycles. The minimum Gasteiger partial charge on any atom is -0.466 e. The fourth-order valence-corrected chi connectivity index (χ4v) is 11.0. The Morgan fingerprint density at radius 2 is 0.658 bits per heavy atom. The maximum absolute atomic E-state index is 12.5. The summed E-state index contributed by atoms with van der Waals surface area (Å²) in [5, 5.41) is 23.3. The molecule has 76 heavy (non-hydrogen) atoms. The number of carbonyl (C=O) groups excluding carboxylic acids is 2. The van der Waals surface area contributed by atoms with Gasteiger partial charge in [0.2, 0.25) is 5.91 Å². The summed E-state index contributed by atoms with van der Waals surface area (Å²) in [4.78, 5) is 24.6. The van der Waals surface area contributed by atoms with Crippen LogP contribution in [0.2, 0.25) is 0 Å². The van der Waals surface area contributed by atoms with Crippen molar-refractivity contribution in [2.24, 2.45) is 0 Å². The number of aliphatic hydroxyl groups excluding tert-OH is 2. The van der Waals surface area contributed by atoms with E-state index in [0.717, 1.165) is 51.4 Å². The smallest absolute Gasteiger partial charge is 0.305 e. The number of hydrogen-bond donors (Lipinski definition) is 3. The Morgan fingerprint density at radius 1 is 0.368 bits per heavy atom. The number of allylic oxidation sites excluding steroid dienone is 4. The first-order chi connectivity index (χ1) is 37.5. The summed E-state index contributed by atoms with van der Waals surface area (Å²) in [6.45, 7) is 4.96. The molecule has 0 bridgehead atoms. The van der Waals surface area contributed by atoms with Crippen LogP contribution in [0.15, 0.2) is 24.3 Å². The van der Waals surface area contributed by atoms with Crippen LogP contribution in [0, 0.1) is 0 Å². The Kier molecular flexibility index (Phi) is 64.4. The molecule has 0 aromatic carbocycles. The van der Waals surface area contributed by atoms with Crippen LogP contribution < -0.4 is 5.32 Å². The third-order valence-corrected chi connectivity index (χ3v) is 16.3. The Morgan fingerprint density at radius 3 is 1.03 bits per heavy atom. The third-order valence-electron chi connectivity index (χ3n) is 16.3. The summed E-state index contributed by atoms with van der Waals surface area (Å²) >= 11 is 0. The maximum atomic E-state index is 12.5. The first-order valence-electron chi connectivity index (χ1n) is 34.6. The lowest BCUT2D eigenvalue weighted by atomic mass is 10.0. The minimum absolute atomic E-state index is 0.0116. The molecule has 450 valence electrons. The molecule has 0 rings (SSSR count). The van der Waals surface area contributed by atoms with Crippen LogP contribution in [0.25, 0.3) is 0 Å². The van der Waals surface area contributed by atoms with Crippen LogP contribution in [0.3, 0.4) is 0 Å². The Hall–Kier alpha value is -1.66. The number of unbranched alkanes of at least 4 members (excludes halogenated alkanes) is 50. The van der Waals surface area contributed by atoms with Gasteiger partial charge in [0.05, 0.1) is 25.4 Å². The summed E-state index contributed by atoms with van der Waals surface area (Å²) in [5.74, 6) is -0.0178. The molecule has 0 aliphatic carbocycles. The molecular weight excluding hydrogens is 935 g/mol. The summed E-state index contributed by atoms with van der Waals surface area (Å²) in [7, 11) is 0. The average Bonchev–Trinajstić information content (AvgIpc) is 3.42. The average molecular weight is 1070 g/mol. The van der Waals surface area contributed by atoms with Gasteiger partial charge in [0.25, 0.3) is 0 Å². The maximum Gasteiger partial charge on any atom is 0.305 e. The van der Waals surface area contributed by atoms with E-state index in [9.17, 15) is 19.8 Å². The molecule has 0 aliphatic heterocycles. The quantitative estimate of drug-likeness (QED) is 0.0320. The van der Waals surface area contributed by atoms with E-state index in [2.05, 4.69) is 43.5 Å². The zero-order valence-corrected chi connectivity index (χ0v) is 51.5. The van der Waals surface area contributed by atoms with Crippen LogP contribution in [0.4, 0.5) is 0 Å². The minimum atomic E-state index is -0.661. The van der Waals surface area contributed by atoms with Gasteiger partial charge in [-0.25, -0.2) is 0 Å². The molecular formula is C70H135NO5. The normalized spacial score (nSPS) is 12.6. The van der Waals surface area contributed by atoms with Crippen LogP contribution >= 0.6 is 0 Å². The van der Waals surface area contributed by atoms with E-state index >= 15 is 0 Å². The largest absolute Gasteiger partial charge is 0.466 e. The molecule has 6 nitrogen and oxygen atoms in total. The van der Waals surface area contributed by atoms with Gasteiger partial charge in [-0.2, -0.15) is 0 Å². The van der Waals surface area contributed by atoms with Gasteiger partial charge in [-0.1, -0.05) is 340 Å². The number of ether oxygens (including phenoxy) is 1. The molecule has 0 saturated carbocycles. The van der Waals surface area contributed by atoms with Crippen molar-refractivity contribution in [3.8, 4) is 0 Å². The lowest BCUT2D eigenvalue weighted by Crippen LogP contribution is -2.45. The molecule has 3 N–H and O–H groups in total. The predicted molar refractivity (Wildman–Crippen MR) is 333 cm³/mol. The van der Waals surface area contributed by atoms with Crippen molar-refractivity contribution in [3.63, 3.8) is 0 Å². The number of esters is 1. The fourth-order valence-electron chi connectivity index (χ4n) is 11.0. The van der Waals surface area contributed by atoms with Crippen molar-refractivity contribution in [1.82, 2.24) is 5.32 Å². The van der Waals surface area contributed by atoms with E-state index in [4.69, 9.17) is 4.74 Å². The molecule has 0 aliphatic rings. The van der Waals surface area contributed by atoms with E-state index in [1.807, 2.05) is 0 Å². The second-order valence-corrected chi connectivity index (χ2v) is 23.9. The zero-order valence-electron chi connectivity index (χ0n) is 51.5. The Labute approximate surface area is 475 Å². The molecule has 6 heteroatoms. The van der Waals surface area contributed by atoms with Gasteiger partial charge in [0.1, 0.15) is 0 Å². The molecule has 0 heterocycles. The lowest BCUT2D eigenvalue weighted by Gasteiger charge is -2.22. The number of nitrogens with one attached hydrogen (secondary N) is 1. The van der Waals surface area contributed by atoms with E-state index < -0.39 is 12.1 Å². The third kappa shape index (κ3) is 61.6. The van der Waals surface area contributed by atoms with Gasteiger partial charge in [0, 0.05) is 12.8 Å². The fraction of sp³-hybridized carbons (Fsp3) is 0.914. The number of aliphatic hydroxyl groups is 2. The number of carbonyl (C=O) groups is 2. The van der Waals surface area contributed by atoms with Crippen molar-refractivity contribution >= 4 is 11.9 Å².